The fraction of sp³-hybridized carbons (Fsp3) is 0.667. The van der Waals surface area contributed by atoms with E-state index < -0.39 is 41.6 Å². The molecule has 3 atom stereocenters. The maximum atomic E-state index is 13.3. The van der Waals surface area contributed by atoms with E-state index in [2.05, 4.69) is 47.4 Å². The van der Waals surface area contributed by atoms with E-state index in [1.54, 1.807) is 24.3 Å². The van der Waals surface area contributed by atoms with Gasteiger partial charge in [-0.05, 0) is 56.4 Å². The predicted molar refractivity (Wildman–Crippen MR) is 213 cm³/mol. The van der Waals surface area contributed by atoms with E-state index >= 15 is 0 Å². The molecule has 0 aromatic heterocycles. The number of imide groups is 1. The molecule has 1 aromatic carbocycles. The minimum Gasteiger partial charge on any atom is -0.360 e. The smallest absolute Gasteiger partial charge is 0.243 e. The van der Waals surface area contributed by atoms with Crippen LogP contribution in [0.4, 0.5) is 0 Å². The number of benzene rings is 1. The van der Waals surface area contributed by atoms with E-state index in [0.29, 0.717) is 25.8 Å². The molecule has 2 aliphatic rings. The van der Waals surface area contributed by atoms with Crippen LogP contribution in [0, 0.1) is 16.7 Å². The highest BCUT2D eigenvalue weighted by molar-refractivity contribution is 6.04. The molecule has 3 rings (SSSR count). The Morgan fingerprint density at radius 2 is 1.47 bits per heavy atom. The van der Waals surface area contributed by atoms with Crippen molar-refractivity contribution in [1.29, 1.82) is 0 Å². The Labute approximate surface area is 336 Å². The van der Waals surface area contributed by atoms with Crippen molar-refractivity contribution in [3.63, 3.8) is 0 Å². The third-order valence-electron chi connectivity index (χ3n) is 11.1. The standard InChI is InChI=1S/C42H64N6O9/c1-5-7-13-19-41(4,18-6-2)32-24-38(54)48(40(32)56)22-14-9-12-17-34(50)43-25-35(51)44-27-37(53)47-33(23-31-15-10-8-11-16-31)39(55)45-26-36(52)46-29-57-28-42(20-21-42)30(3)49/h8,10-11,15-16,32-33H,5-7,9,12-14,17-29H2,1-4H3,(H,43,50)(H,44,51)(H,45,55)(H,46,52)(H,47,53)/t32?,33-,41?/m0/s1. The van der Waals surface area contributed by atoms with Gasteiger partial charge in [0.25, 0.3) is 0 Å². The van der Waals surface area contributed by atoms with Gasteiger partial charge in [-0.1, -0.05) is 83.2 Å². The summed E-state index contributed by atoms with van der Waals surface area (Å²) < 4.78 is 5.43. The van der Waals surface area contributed by atoms with E-state index in [9.17, 15) is 38.4 Å². The first-order valence-corrected chi connectivity index (χ1v) is 20.6. The van der Waals surface area contributed by atoms with Crippen molar-refractivity contribution in [2.45, 2.75) is 124 Å². The van der Waals surface area contributed by atoms with Crippen LogP contribution in [-0.2, 0) is 49.5 Å². The molecule has 1 aliphatic heterocycles. The molecule has 15 nitrogen and oxygen atoms in total. The Balaban J connectivity index is 1.33. The highest BCUT2D eigenvalue weighted by Gasteiger charge is 2.48. The summed E-state index contributed by atoms with van der Waals surface area (Å²) in [4.78, 5) is 102. The third-order valence-corrected chi connectivity index (χ3v) is 11.1. The second kappa shape index (κ2) is 23.5. The lowest BCUT2D eigenvalue weighted by Gasteiger charge is -2.34. The van der Waals surface area contributed by atoms with E-state index in [-0.39, 0.29) is 80.5 Å². The van der Waals surface area contributed by atoms with Gasteiger partial charge in [-0.25, -0.2) is 0 Å². The number of Topliss-reactive ketones (excluding diaryl/α,β-unsaturated/α-hetero) is 1. The molecule has 7 amide bonds. The van der Waals surface area contributed by atoms with E-state index in [0.717, 1.165) is 56.9 Å². The number of carbonyl (C=O) groups excluding carboxylic acids is 8. The average Bonchev–Trinajstić information content (AvgIpc) is 3.93. The molecule has 5 N–H and O–H groups in total. The average molecular weight is 797 g/mol. The largest absolute Gasteiger partial charge is 0.360 e. The van der Waals surface area contributed by atoms with Gasteiger partial charge in [0.15, 0.2) is 0 Å². The number of amides is 7. The molecule has 0 bridgehead atoms. The number of ketones is 1. The first-order valence-electron chi connectivity index (χ1n) is 20.6. The van der Waals surface area contributed by atoms with Crippen LogP contribution in [0.3, 0.4) is 0 Å². The minimum atomic E-state index is -1.05. The van der Waals surface area contributed by atoms with E-state index in [1.165, 1.54) is 11.8 Å². The summed E-state index contributed by atoms with van der Waals surface area (Å²) in [5, 5.41) is 12.6. The van der Waals surface area contributed by atoms with Crippen LogP contribution in [0.25, 0.3) is 0 Å². The van der Waals surface area contributed by atoms with Crippen LogP contribution in [-0.4, -0.2) is 97.6 Å². The predicted octanol–water partition coefficient (Wildman–Crippen LogP) is 2.84. The zero-order chi connectivity index (χ0) is 41.8. The highest BCUT2D eigenvalue weighted by Crippen LogP contribution is 2.46. The van der Waals surface area contributed by atoms with Gasteiger partial charge in [0.05, 0.1) is 37.6 Å². The first-order chi connectivity index (χ1) is 27.2. The molecule has 2 unspecified atom stereocenters. The molecule has 57 heavy (non-hydrogen) atoms. The summed E-state index contributed by atoms with van der Waals surface area (Å²) in [5.74, 6) is -3.11. The number of nitrogens with one attached hydrogen (secondary N) is 5. The quantitative estimate of drug-likeness (QED) is 0.0479. The molecule has 1 aliphatic carbocycles. The SMILES string of the molecule is CCCCCC(C)(CCC)C1CC(=O)N(CCCCCC(=O)NCC(=O)NCC(=O)N[C@@H](Cc2ccccc2)C(=O)NCC(=O)NCOCC2(C(C)=O)CC2)C1=O. The maximum absolute atomic E-state index is 13.3. The first kappa shape index (κ1) is 46.7. The highest BCUT2D eigenvalue weighted by atomic mass is 16.5. The van der Waals surface area contributed by atoms with Crippen LogP contribution >= 0.6 is 0 Å². The minimum absolute atomic E-state index is 0.0580. The molecule has 15 heteroatoms. The van der Waals surface area contributed by atoms with E-state index in [1.807, 2.05) is 6.07 Å². The van der Waals surface area contributed by atoms with Gasteiger partial charge < -0.3 is 31.3 Å². The summed E-state index contributed by atoms with van der Waals surface area (Å²) in [6.07, 6.45) is 9.88. The lowest BCUT2D eigenvalue weighted by atomic mass is 9.69. The van der Waals surface area contributed by atoms with Crippen LogP contribution in [0.5, 0.6) is 0 Å². The van der Waals surface area contributed by atoms with Crippen molar-refractivity contribution in [3.05, 3.63) is 35.9 Å². The number of unbranched alkanes of at least 4 members (excludes halogenated alkanes) is 4. The monoisotopic (exact) mass is 796 g/mol. The molecular weight excluding hydrogens is 732 g/mol. The van der Waals surface area contributed by atoms with Crippen LogP contribution < -0.4 is 26.6 Å². The normalized spacial score (nSPS) is 17.3. The number of nitrogens with zero attached hydrogens (tertiary/aromatic N) is 1. The summed E-state index contributed by atoms with van der Waals surface area (Å²) in [7, 11) is 0. The molecule has 1 saturated heterocycles. The number of hydrogen-bond donors (Lipinski definition) is 5. The fourth-order valence-electron chi connectivity index (χ4n) is 7.31. The molecule has 316 valence electrons. The van der Waals surface area contributed by atoms with Crippen LogP contribution in [0.15, 0.2) is 30.3 Å². The Morgan fingerprint density at radius 1 is 0.807 bits per heavy atom. The Kier molecular flexibility index (Phi) is 19.3. The zero-order valence-corrected chi connectivity index (χ0v) is 34.3. The van der Waals surface area contributed by atoms with Gasteiger partial charge in [0.2, 0.25) is 41.4 Å². The summed E-state index contributed by atoms with van der Waals surface area (Å²) in [5.41, 5.74) is 0.127. The molecule has 1 heterocycles. The Hall–Kier alpha value is -4.66. The topological polar surface area (TPSA) is 209 Å². The van der Waals surface area contributed by atoms with Crippen molar-refractivity contribution < 1.29 is 43.1 Å². The number of hydrogen-bond acceptors (Lipinski definition) is 9. The number of likely N-dealkylation sites (tertiary alicyclic amines) is 1. The summed E-state index contributed by atoms with van der Waals surface area (Å²) in [6.45, 7) is 7.22. The molecule has 2 fully saturated rings. The van der Waals surface area contributed by atoms with Crippen molar-refractivity contribution in [1.82, 2.24) is 31.5 Å². The van der Waals surface area contributed by atoms with Gasteiger partial charge in [-0.2, -0.15) is 0 Å². The Bertz CT molecular complexity index is 1550. The second-order valence-electron chi connectivity index (χ2n) is 15.8. The van der Waals surface area contributed by atoms with Crippen molar-refractivity contribution in [2.24, 2.45) is 16.7 Å². The summed E-state index contributed by atoms with van der Waals surface area (Å²) in [6, 6.07) is 7.92. The van der Waals surface area contributed by atoms with Gasteiger partial charge >= 0.3 is 0 Å². The number of rotatable bonds is 28. The fourth-order valence-corrected chi connectivity index (χ4v) is 7.31. The lowest BCUT2D eigenvalue weighted by molar-refractivity contribution is -0.141. The van der Waals surface area contributed by atoms with Crippen molar-refractivity contribution in [3.8, 4) is 0 Å². The van der Waals surface area contributed by atoms with Gasteiger partial charge in [-0.3, -0.25) is 43.3 Å². The Morgan fingerprint density at radius 3 is 2.14 bits per heavy atom. The molecule has 0 spiro atoms. The van der Waals surface area contributed by atoms with Crippen LogP contribution in [0.2, 0.25) is 0 Å². The lowest BCUT2D eigenvalue weighted by Crippen LogP contribution is -2.52. The third kappa shape index (κ3) is 15.7. The molecule has 0 radical (unpaired) electrons. The molecule has 1 aromatic rings. The molecular formula is C42H64N6O9. The number of carbonyl (C=O) groups is 8. The van der Waals surface area contributed by atoms with Gasteiger partial charge in [0, 0.05) is 25.8 Å². The second-order valence-corrected chi connectivity index (χ2v) is 15.8. The van der Waals surface area contributed by atoms with Gasteiger partial charge in [0.1, 0.15) is 18.6 Å². The molecule has 1 saturated carbocycles. The summed E-state index contributed by atoms with van der Waals surface area (Å²) >= 11 is 0. The van der Waals surface area contributed by atoms with Crippen molar-refractivity contribution in [2.75, 3.05) is 39.5 Å². The maximum Gasteiger partial charge on any atom is 0.243 e. The van der Waals surface area contributed by atoms with Crippen molar-refractivity contribution >= 4 is 47.1 Å². The van der Waals surface area contributed by atoms with E-state index in [4.69, 9.17) is 4.74 Å². The zero-order valence-electron chi connectivity index (χ0n) is 34.3. The van der Waals surface area contributed by atoms with Gasteiger partial charge in [-0.15, -0.1) is 0 Å². The number of ether oxygens (including phenoxy) is 1. The van der Waals surface area contributed by atoms with Crippen LogP contribution in [0.1, 0.15) is 117 Å².